The van der Waals surface area contributed by atoms with Crippen LogP contribution in [0.1, 0.15) is 25.3 Å². The Hall–Kier alpha value is -2.11. The zero-order chi connectivity index (χ0) is 16.7. The van der Waals surface area contributed by atoms with Crippen LogP contribution < -0.4 is 10.6 Å². The number of hydrogen-bond acceptors (Lipinski definition) is 2. The van der Waals surface area contributed by atoms with Crippen LogP contribution in [0.15, 0.2) is 24.3 Å². The predicted molar refractivity (Wildman–Crippen MR) is 86.5 cm³/mol. The van der Waals surface area contributed by atoms with Crippen molar-refractivity contribution in [2.24, 2.45) is 5.92 Å². The lowest BCUT2D eigenvalue weighted by atomic mass is 9.96. The lowest BCUT2D eigenvalue weighted by molar-refractivity contribution is -0.126. The van der Waals surface area contributed by atoms with Gasteiger partial charge in [-0.2, -0.15) is 0 Å². The molecule has 2 N–H and O–H groups in total. The minimum Gasteiger partial charge on any atom is -0.356 e. The van der Waals surface area contributed by atoms with Gasteiger partial charge in [-0.25, -0.2) is 9.18 Å². The number of carbonyl (C=O) groups is 2. The minimum absolute atomic E-state index is 0.0122. The highest BCUT2D eigenvalue weighted by Crippen LogP contribution is 2.17. The van der Waals surface area contributed by atoms with Crippen molar-refractivity contribution in [3.63, 3.8) is 0 Å². The maximum absolute atomic E-state index is 12.8. The lowest BCUT2D eigenvalue weighted by Gasteiger charge is -2.31. The Bertz CT molecular complexity index is 525. The van der Waals surface area contributed by atoms with Gasteiger partial charge in [0, 0.05) is 32.1 Å². The number of nitrogens with zero attached hydrogens (tertiary/aromatic N) is 1. The number of benzene rings is 1. The number of carbonyl (C=O) groups excluding carboxylic acids is 2. The molecule has 0 radical (unpaired) electrons. The normalized spacial score (nSPS) is 15.3. The highest BCUT2D eigenvalue weighted by atomic mass is 19.1. The Labute approximate surface area is 136 Å². The smallest absolute Gasteiger partial charge is 0.317 e. The Morgan fingerprint density at radius 1 is 1.17 bits per heavy atom. The van der Waals surface area contributed by atoms with Crippen LogP contribution in [0.25, 0.3) is 0 Å². The van der Waals surface area contributed by atoms with Gasteiger partial charge in [-0.15, -0.1) is 0 Å². The van der Waals surface area contributed by atoms with E-state index in [-0.39, 0.29) is 23.7 Å². The van der Waals surface area contributed by atoms with Crippen molar-refractivity contribution in [2.75, 3.05) is 26.2 Å². The molecule has 2 rings (SSSR count). The SMILES string of the molecule is CCNC(=O)C1CCN(C(=O)NCCc2ccc(F)cc2)CC1. The summed E-state index contributed by atoms with van der Waals surface area (Å²) in [6.45, 7) is 4.26. The minimum atomic E-state index is -0.257. The van der Waals surface area contributed by atoms with Crippen LogP contribution in [0.2, 0.25) is 0 Å². The van der Waals surface area contributed by atoms with Gasteiger partial charge in [-0.1, -0.05) is 12.1 Å². The molecule has 0 saturated carbocycles. The molecule has 0 bridgehead atoms. The van der Waals surface area contributed by atoms with Crippen molar-refractivity contribution in [3.8, 4) is 0 Å². The molecule has 3 amide bonds. The van der Waals surface area contributed by atoms with Crippen LogP contribution in [-0.2, 0) is 11.2 Å². The first-order valence-corrected chi connectivity index (χ1v) is 8.15. The van der Waals surface area contributed by atoms with E-state index in [0.29, 0.717) is 45.4 Å². The van der Waals surface area contributed by atoms with E-state index in [9.17, 15) is 14.0 Å². The molecular weight excluding hydrogens is 297 g/mol. The summed E-state index contributed by atoms with van der Waals surface area (Å²) in [5.41, 5.74) is 0.988. The first kappa shape index (κ1) is 17.2. The van der Waals surface area contributed by atoms with Gasteiger partial charge >= 0.3 is 6.03 Å². The highest BCUT2D eigenvalue weighted by Gasteiger charge is 2.26. The fourth-order valence-electron chi connectivity index (χ4n) is 2.74. The van der Waals surface area contributed by atoms with Gasteiger partial charge < -0.3 is 15.5 Å². The Morgan fingerprint density at radius 2 is 1.83 bits per heavy atom. The summed E-state index contributed by atoms with van der Waals surface area (Å²) >= 11 is 0. The van der Waals surface area contributed by atoms with E-state index in [4.69, 9.17) is 0 Å². The third-order valence-electron chi connectivity index (χ3n) is 4.11. The van der Waals surface area contributed by atoms with E-state index in [1.165, 1.54) is 12.1 Å². The van der Waals surface area contributed by atoms with Crippen LogP contribution in [0.5, 0.6) is 0 Å². The second-order valence-electron chi connectivity index (χ2n) is 5.76. The van der Waals surface area contributed by atoms with Crippen molar-refractivity contribution in [3.05, 3.63) is 35.6 Å². The van der Waals surface area contributed by atoms with Crippen LogP contribution in [-0.4, -0.2) is 43.0 Å². The Kier molecular flexibility index (Phi) is 6.38. The molecule has 1 heterocycles. The van der Waals surface area contributed by atoms with Crippen molar-refractivity contribution in [1.82, 2.24) is 15.5 Å². The zero-order valence-electron chi connectivity index (χ0n) is 13.5. The fourth-order valence-corrected chi connectivity index (χ4v) is 2.74. The molecule has 1 aromatic carbocycles. The van der Waals surface area contributed by atoms with Gasteiger partial charge in [0.05, 0.1) is 0 Å². The maximum atomic E-state index is 12.8. The predicted octanol–water partition coefficient (Wildman–Crippen LogP) is 1.93. The molecule has 1 saturated heterocycles. The molecule has 23 heavy (non-hydrogen) atoms. The second kappa shape index (κ2) is 8.50. The number of hydrogen-bond donors (Lipinski definition) is 2. The maximum Gasteiger partial charge on any atom is 0.317 e. The van der Waals surface area contributed by atoms with Gasteiger partial charge in [0.15, 0.2) is 0 Å². The molecule has 1 aromatic rings. The average Bonchev–Trinajstić information content (AvgIpc) is 2.57. The van der Waals surface area contributed by atoms with E-state index in [1.807, 2.05) is 6.92 Å². The average molecular weight is 321 g/mol. The number of urea groups is 1. The van der Waals surface area contributed by atoms with Gasteiger partial charge in [-0.05, 0) is 43.9 Å². The van der Waals surface area contributed by atoms with E-state index in [2.05, 4.69) is 10.6 Å². The van der Waals surface area contributed by atoms with Crippen molar-refractivity contribution < 1.29 is 14.0 Å². The highest BCUT2D eigenvalue weighted by molar-refractivity contribution is 5.79. The molecule has 1 fully saturated rings. The molecule has 0 atom stereocenters. The molecular formula is C17H24FN3O2. The first-order valence-electron chi connectivity index (χ1n) is 8.15. The van der Waals surface area contributed by atoms with Crippen molar-refractivity contribution in [1.29, 1.82) is 0 Å². The first-order chi connectivity index (χ1) is 11.1. The molecule has 0 unspecified atom stereocenters. The van der Waals surface area contributed by atoms with Gasteiger partial charge in [0.25, 0.3) is 0 Å². The standard InChI is InChI=1S/C17H24FN3O2/c1-2-19-16(22)14-8-11-21(12-9-14)17(23)20-10-7-13-3-5-15(18)6-4-13/h3-6,14H,2,7-12H2,1H3,(H,19,22)(H,20,23). The van der Waals surface area contributed by atoms with Gasteiger partial charge in [-0.3, -0.25) is 4.79 Å². The monoisotopic (exact) mass is 321 g/mol. The topological polar surface area (TPSA) is 61.4 Å². The van der Waals surface area contributed by atoms with E-state index < -0.39 is 0 Å². The third-order valence-corrected chi connectivity index (χ3v) is 4.11. The summed E-state index contributed by atoms with van der Waals surface area (Å²) in [6.07, 6.45) is 2.08. The second-order valence-corrected chi connectivity index (χ2v) is 5.76. The number of rotatable bonds is 5. The largest absolute Gasteiger partial charge is 0.356 e. The summed E-state index contributed by atoms with van der Waals surface area (Å²) in [5, 5.41) is 5.71. The number of nitrogens with one attached hydrogen (secondary N) is 2. The molecule has 6 heteroatoms. The van der Waals surface area contributed by atoms with Gasteiger partial charge in [0.2, 0.25) is 5.91 Å². The molecule has 0 aromatic heterocycles. The molecule has 0 spiro atoms. The quantitative estimate of drug-likeness (QED) is 0.870. The number of halogens is 1. The summed E-state index contributed by atoms with van der Waals surface area (Å²) in [5.74, 6) is -0.158. The van der Waals surface area contributed by atoms with Crippen molar-refractivity contribution >= 4 is 11.9 Å². The molecule has 126 valence electrons. The van der Waals surface area contributed by atoms with Crippen molar-refractivity contribution in [2.45, 2.75) is 26.2 Å². The molecule has 5 nitrogen and oxygen atoms in total. The molecule has 1 aliphatic heterocycles. The number of likely N-dealkylation sites (tertiary alicyclic amines) is 1. The zero-order valence-corrected chi connectivity index (χ0v) is 13.5. The van der Waals surface area contributed by atoms with Crippen LogP contribution in [0, 0.1) is 11.7 Å². The van der Waals surface area contributed by atoms with Crippen LogP contribution in [0.3, 0.4) is 0 Å². The summed E-state index contributed by atoms with van der Waals surface area (Å²) < 4.78 is 12.8. The fraction of sp³-hybridized carbons (Fsp3) is 0.529. The molecule has 1 aliphatic rings. The van der Waals surface area contributed by atoms with Crippen LogP contribution >= 0.6 is 0 Å². The van der Waals surface area contributed by atoms with Crippen LogP contribution in [0.4, 0.5) is 9.18 Å². The summed E-state index contributed by atoms with van der Waals surface area (Å²) in [6, 6.07) is 6.19. The van der Waals surface area contributed by atoms with E-state index in [1.54, 1.807) is 17.0 Å². The summed E-state index contributed by atoms with van der Waals surface area (Å²) in [7, 11) is 0. The lowest BCUT2D eigenvalue weighted by Crippen LogP contribution is -2.47. The molecule has 0 aliphatic carbocycles. The number of piperidine rings is 1. The van der Waals surface area contributed by atoms with E-state index in [0.717, 1.165) is 5.56 Å². The number of amides is 3. The van der Waals surface area contributed by atoms with Gasteiger partial charge in [0.1, 0.15) is 5.82 Å². The van der Waals surface area contributed by atoms with E-state index >= 15 is 0 Å². The summed E-state index contributed by atoms with van der Waals surface area (Å²) in [4.78, 5) is 25.6. The Balaban J connectivity index is 1.68. The Morgan fingerprint density at radius 3 is 2.43 bits per heavy atom. The third kappa shape index (κ3) is 5.23.